The van der Waals surface area contributed by atoms with Gasteiger partial charge in [0.05, 0.1) is 12.7 Å². The Bertz CT molecular complexity index is 211. The van der Waals surface area contributed by atoms with Gasteiger partial charge in [0.1, 0.15) is 0 Å². The van der Waals surface area contributed by atoms with Crippen LogP contribution in [0.1, 0.15) is 79.1 Å². The van der Waals surface area contributed by atoms with Crippen molar-refractivity contribution >= 4 is 0 Å². The Balaban J connectivity index is 3.61. The summed E-state index contributed by atoms with van der Waals surface area (Å²) in [6, 6.07) is 0. The van der Waals surface area contributed by atoms with Crippen LogP contribution < -0.4 is 5.32 Å². The van der Waals surface area contributed by atoms with Gasteiger partial charge in [-0.25, -0.2) is 0 Å². The van der Waals surface area contributed by atoms with E-state index in [2.05, 4.69) is 33.0 Å². The maximum Gasteiger partial charge on any atom is 0.0610 e. The van der Waals surface area contributed by atoms with Gasteiger partial charge in [-0.05, 0) is 46.1 Å². The minimum atomic E-state index is -0.149. The normalized spacial score (nSPS) is 16.1. The summed E-state index contributed by atoms with van der Waals surface area (Å²) in [6.45, 7) is 10.6. The molecule has 3 nitrogen and oxygen atoms in total. The Kier molecular flexibility index (Phi) is 12.5. The van der Waals surface area contributed by atoms with Crippen LogP contribution in [-0.2, 0) is 4.74 Å². The molecule has 2 atom stereocenters. The summed E-state index contributed by atoms with van der Waals surface area (Å²) < 4.78 is 5.86. The molecule has 0 spiro atoms. The van der Waals surface area contributed by atoms with Crippen LogP contribution in [0.25, 0.3) is 0 Å². The van der Waals surface area contributed by atoms with Crippen LogP contribution in [0.5, 0.6) is 0 Å². The lowest BCUT2D eigenvalue weighted by atomic mass is 9.97. The summed E-state index contributed by atoms with van der Waals surface area (Å²) in [6.07, 6.45) is 9.85. The molecule has 20 heavy (non-hydrogen) atoms. The fourth-order valence-electron chi connectivity index (χ4n) is 2.34. The average molecular weight is 287 g/mol. The zero-order chi connectivity index (χ0) is 15.3. The number of hydrogen-bond donors (Lipinski definition) is 2. The second-order valence-corrected chi connectivity index (χ2v) is 6.28. The minimum Gasteiger partial charge on any atom is -0.394 e. The molecule has 0 rings (SSSR count). The number of aliphatic hydroxyl groups excluding tert-OH is 1. The van der Waals surface area contributed by atoms with Gasteiger partial charge in [0.15, 0.2) is 0 Å². The number of unbranched alkanes of at least 4 members (excludes halogenated alkanes) is 3. The highest BCUT2D eigenvalue weighted by Crippen LogP contribution is 2.13. The molecule has 0 aromatic carbocycles. The van der Waals surface area contributed by atoms with E-state index in [1.807, 2.05) is 0 Å². The molecule has 0 aromatic heterocycles. The van der Waals surface area contributed by atoms with Gasteiger partial charge in [0, 0.05) is 12.1 Å². The summed E-state index contributed by atoms with van der Waals surface area (Å²) in [5, 5.41) is 12.9. The van der Waals surface area contributed by atoms with Crippen LogP contribution in [0.2, 0.25) is 0 Å². The van der Waals surface area contributed by atoms with E-state index in [9.17, 15) is 5.11 Å². The van der Waals surface area contributed by atoms with Crippen molar-refractivity contribution < 1.29 is 9.84 Å². The molecular formula is C17H37NO2. The Morgan fingerprint density at radius 3 is 2.45 bits per heavy atom. The van der Waals surface area contributed by atoms with E-state index in [1.165, 1.54) is 32.1 Å². The Labute approximate surface area is 126 Å². The predicted octanol–water partition coefficient (Wildman–Crippen LogP) is 3.89. The maximum absolute atomic E-state index is 9.48. The van der Waals surface area contributed by atoms with Gasteiger partial charge < -0.3 is 15.2 Å². The van der Waals surface area contributed by atoms with Crippen LogP contribution in [0.3, 0.4) is 0 Å². The van der Waals surface area contributed by atoms with E-state index in [0.29, 0.717) is 6.10 Å². The molecule has 2 unspecified atom stereocenters. The highest BCUT2D eigenvalue weighted by atomic mass is 16.5. The summed E-state index contributed by atoms with van der Waals surface area (Å²) in [5.41, 5.74) is -0.149. The molecule has 0 radical (unpaired) electrons. The van der Waals surface area contributed by atoms with Crippen molar-refractivity contribution in [2.24, 2.45) is 0 Å². The van der Waals surface area contributed by atoms with Gasteiger partial charge in [-0.1, -0.05) is 39.5 Å². The molecule has 0 aliphatic heterocycles. The van der Waals surface area contributed by atoms with Gasteiger partial charge in [-0.2, -0.15) is 0 Å². The standard InChI is InChI=1S/C17H37NO2/c1-5-7-8-9-11-16(3)20-14-10-12-17(4,15-19)18-13-6-2/h16,18-19H,5-15H2,1-4H3. The molecule has 0 bridgehead atoms. The lowest BCUT2D eigenvalue weighted by Gasteiger charge is -2.29. The van der Waals surface area contributed by atoms with Crippen LogP contribution in [0, 0.1) is 0 Å². The summed E-state index contributed by atoms with van der Waals surface area (Å²) in [4.78, 5) is 0. The van der Waals surface area contributed by atoms with Crippen LogP contribution in [0.4, 0.5) is 0 Å². The van der Waals surface area contributed by atoms with E-state index >= 15 is 0 Å². The van der Waals surface area contributed by atoms with E-state index in [1.54, 1.807) is 0 Å². The molecule has 0 amide bonds. The lowest BCUT2D eigenvalue weighted by Crippen LogP contribution is -2.46. The Morgan fingerprint density at radius 1 is 1.10 bits per heavy atom. The van der Waals surface area contributed by atoms with Crippen LogP contribution >= 0.6 is 0 Å². The molecule has 122 valence electrons. The quantitative estimate of drug-likeness (QED) is 0.476. The zero-order valence-corrected chi connectivity index (χ0v) is 14.2. The number of hydrogen-bond acceptors (Lipinski definition) is 3. The van der Waals surface area contributed by atoms with Crippen molar-refractivity contribution in [3.05, 3.63) is 0 Å². The second-order valence-electron chi connectivity index (χ2n) is 6.28. The second kappa shape index (κ2) is 12.6. The van der Waals surface area contributed by atoms with E-state index < -0.39 is 0 Å². The number of aliphatic hydroxyl groups is 1. The predicted molar refractivity (Wildman–Crippen MR) is 87.2 cm³/mol. The summed E-state index contributed by atoms with van der Waals surface area (Å²) in [7, 11) is 0. The first kappa shape index (κ1) is 19.9. The molecule has 0 saturated carbocycles. The first-order valence-corrected chi connectivity index (χ1v) is 8.55. The van der Waals surface area contributed by atoms with Gasteiger partial charge in [0.2, 0.25) is 0 Å². The van der Waals surface area contributed by atoms with Gasteiger partial charge >= 0.3 is 0 Å². The molecule has 2 N–H and O–H groups in total. The smallest absolute Gasteiger partial charge is 0.0610 e. The third kappa shape index (κ3) is 10.6. The minimum absolute atomic E-state index is 0.149. The molecule has 0 aromatic rings. The number of ether oxygens (including phenoxy) is 1. The summed E-state index contributed by atoms with van der Waals surface area (Å²) >= 11 is 0. The highest BCUT2D eigenvalue weighted by molar-refractivity contribution is 4.81. The van der Waals surface area contributed by atoms with E-state index in [-0.39, 0.29) is 12.1 Å². The fraction of sp³-hybridized carbons (Fsp3) is 1.00. The molecule has 0 aliphatic rings. The van der Waals surface area contributed by atoms with Crippen molar-refractivity contribution in [2.75, 3.05) is 19.8 Å². The molecule has 0 saturated heterocycles. The van der Waals surface area contributed by atoms with Crippen molar-refractivity contribution in [3.63, 3.8) is 0 Å². The van der Waals surface area contributed by atoms with Crippen LogP contribution in [0.15, 0.2) is 0 Å². The Hall–Kier alpha value is -0.120. The average Bonchev–Trinajstić information content (AvgIpc) is 2.46. The van der Waals surface area contributed by atoms with Gasteiger partial charge in [0.25, 0.3) is 0 Å². The first-order valence-electron chi connectivity index (χ1n) is 8.55. The largest absolute Gasteiger partial charge is 0.394 e. The highest BCUT2D eigenvalue weighted by Gasteiger charge is 2.21. The Morgan fingerprint density at radius 2 is 1.85 bits per heavy atom. The van der Waals surface area contributed by atoms with Crippen molar-refractivity contribution in [2.45, 2.75) is 90.7 Å². The number of rotatable bonds is 14. The molecule has 0 fully saturated rings. The molecule has 3 heteroatoms. The monoisotopic (exact) mass is 287 g/mol. The van der Waals surface area contributed by atoms with E-state index in [4.69, 9.17) is 4.74 Å². The van der Waals surface area contributed by atoms with Gasteiger partial charge in [-0.3, -0.25) is 0 Å². The van der Waals surface area contributed by atoms with Crippen LogP contribution in [-0.4, -0.2) is 36.5 Å². The SMILES string of the molecule is CCCCCCC(C)OCCCC(C)(CO)NCCC. The van der Waals surface area contributed by atoms with E-state index in [0.717, 1.165) is 32.4 Å². The topological polar surface area (TPSA) is 41.5 Å². The van der Waals surface area contributed by atoms with Gasteiger partial charge in [-0.15, -0.1) is 0 Å². The third-order valence-corrected chi connectivity index (χ3v) is 3.89. The molecule has 0 aliphatic carbocycles. The van der Waals surface area contributed by atoms with Crippen molar-refractivity contribution in [1.82, 2.24) is 5.32 Å². The fourth-order valence-corrected chi connectivity index (χ4v) is 2.34. The number of nitrogens with one attached hydrogen (secondary N) is 1. The zero-order valence-electron chi connectivity index (χ0n) is 14.2. The third-order valence-electron chi connectivity index (χ3n) is 3.89. The lowest BCUT2D eigenvalue weighted by molar-refractivity contribution is 0.0491. The maximum atomic E-state index is 9.48. The molecular weight excluding hydrogens is 250 g/mol. The molecule has 0 heterocycles. The summed E-state index contributed by atoms with van der Waals surface area (Å²) in [5.74, 6) is 0. The van der Waals surface area contributed by atoms with Crippen molar-refractivity contribution in [1.29, 1.82) is 0 Å². The van der Waals surface area contributed by atoms with Crippen molar-refractivity contribution in [3.8, 4) is 0 Å². The first-order chi connectivity index (χ1) is 9.58.